The highest BCUT2D eigenvalue weighted by Gasteiger charge is 2.20. The van der Waals surface area contributed by atoms with Crippen molar-refractivity contribution in [1.29, 1.82) is 0 Å². The van der Waals surface area contributed by atoms with Crippen molar-refractivity contribution in [2.24, 2.45) is 11.8 Å². The maximum absolute atomic E-state index is 11.9. The summed E-state index contributed by atoms with van der Waals surface area (Å²) in [5, 5.41) is 6.42. The molecule has 2 fully saturated rings. The van der Waals surface area contributed by atoms with Crippen LogP contribution in [0.15, 0.2) is 0 Å². The lowest BCUT2D eigenvalue weighted by Crippen LogP contribution is -2.41. The number of carbonyl (C=O) groups excluding carboxylic acids is 1. The van der Waals surface area contributed by atoms with Gasteiger partial charge in [-0.1, -0.05) is 32.1 Å². The minimum absolute atomic E-state index is 0.218. The van der Waals surface area contributed by atoms with Crippen LogP contribution in [0.25, 0.3) is 0 Å². The van der Waals surface area contributed by atoms with Crippen LogP contribution in [-0.2, 0) is 4.79 Å². The van der Waals surface area contributed by atoms with Crippen LogP contribution in [0.4, 0.5) is 0 Å². The molecule has 2 N–H and O–H groups in total. The van der Waals surface area contributed by atoms with E-state index in [4.69, 9.17) is 0 Å². The molecule has 3 heteroatoms. The van der Waals surface area contributed by atoms with Gasteiger partial charge in [-0.25, -0.2) is 0 Å². The third kappa shape index (κ3) is 4.30. The lowest BCUT2D eigenvalue weighted by Gasteiger charge is -2.24. The lowest BCUT2D eigenvalue weighted by molar-refractivity contribution is -0.125. The predicted octanol–water partition coefficient (Wildman–Crippen LogP) is 2.07. The Morgan fingerprint density at radius 1 is 1.12 bits per heavy atom. The predicted molar refractivity (Wildman–Crippen MR) is 69.8 cm³/mol. The molecule has 1 atom stereocenters. The SMILES string of the molecule is O=C(NCCC1CCCCC1)[C@H]1CCCNC1. The monoisotopic (exact) mass is 238 g/mol. The summed E-state index contributed by atoms with van der Waals surface area (Å²) in [5.74, 6) is 1.36. The number of hydrogen-bond acceptors (Lipinski definition) is 2. The number of rotatable bonds is 4. The van der Waals surface area contributed by atoms with Gasteiger partial charge < -0.3 is 10.6 Å². The van der Waals surface area contributed by atoms with Crippen molar-refractivity contribution in [3.63, 3.8) is 0 Å². The number of piperidine rings is 1. The first kappa shape index (κ1) is 12.9. The molecular formula is C14H26N2O. The molecule has 1 amide bonds. The van der Waals surface area contributed by atoms with Gasteiger partial charge in [0.2, 0.25) is 5.91 Å². The molecular weight excluding hydrogens is 212 g/mol. The molecule has 3 nitrogen and oxygen atoms in total. The minimum atomic E-state index is 0.218. The third-order valence-electron chi connectivity index (χ3n) is 4.24. The fourth-order valence-electron chi connectivity index (χ4n) is 3.10. The highest BCUT2D eigenvalue weighted by Crippen LogP contribution is 2.25. The minimum Gasteiger partial charge on any atom is -0.356 e. The van der Waals surface area contributed by atoms with E-state index in [0.717, 1.165) is 38.4 Å². The summed E-state index contributed by atoms with van der Waals surface area (Å²) in [6.07, 6.45) is 10.3. The quantitative estimate of drug-likeness (QED) is 0.787. The van der Waals surface area contributed by atoms with Crippen LogP contribution in [-0.4, -0.2) is 25.5 Å². The van der Waals surface area contributed by atoms with Crippen LogP contribution in [0.3, 0.4) is 0 Å². The second kappa shape index (κ2) is 7.00. The van der Waals surface area contributed by atoms with Gasteiger partial charge >= 0.3 is 0 Å². The normalized spacial score (nSPS) is 26.7. The Balaban J connectivity index is 1.58. The van der Waals surface area contributed by atoms with Crippen LogP contribution in [0.2, 0.25) is 0 Å². The maximum Gasteiger partial charge on any atom is 0.224 e. The van der Waals surface area contributed by atoms with E-state index < -0.39 is 0 Å². The van der Waals surface area contributed by atoms with Crippen LogP contribution in [0, 0.1) is 11.8 Å². The molecule has 0 unspecified atom stereocenters. The highest BCUT2D eigenvalue weighted by molar-refractivity contribution is 5.78. The van der Waals surface area contributed by atoms with Crippen LogP contribution in [0.1, 0.15) is 51.4 Å². The topological polar surface area (TPSA) is 41.1 Å². The molecule has 2 rings (SSSR count). The number of hydrogen-bond donors (Lipinski definition) is 2. The second-order valence-corrected chi connectivity index (χ2v) is 5.63. The molecule has 1 heterocycles. The van der Waals surface area contributed by atoms with E-state index >= 15 is 0 Å². The first-order chi connectivity index (χ1) is 8.36. The van der Waals surface area contributed by atoms with E-state index in [-0.39, 0.29) is 11.8 Å². The Morgan fingerprint density at radius 3 is 2.65 bits per heavy atom. The average molecular weight is 238 g/mol. The fourth-order valence-corrected chi connectivity index (χ4v) is 3.10. The van der Waals surface area contributed by atoms with E-state index in [1.54, 1.807) is 0 Å². The molecule has 2 aliphatic rings. The van der Waals surface area contributed by atoms with Gasteiger partial charge in [0.1, 0.15) is 0 Å². The van der Waals surface area contributed by atoms with Crippen molar-refractivity contribution >= 4 is 5.91 Å². The summed E-state index contributed by atoms with van der Waals surface area (Å²) >= 11 is 0. The molecule has 1 aliphatic heterocycles. The van der Waals surface area contributed by atoms with E-state index in [0.29, 0.717) is 0 Å². The Bertz CT molecular complexity index is 230. The van der Waals surface area contributed by atoms with Crippen molar-refractivity contribution in [2.45, 2.75) is 51.4 Å². The van der Waals surface area contributed by atoms with Crippen molar-refractivity contribution in [2.75, 3.05) is 19.6 Å². The molecule has 0 radical (unpaired) electrons. The first-order valence-corrected chi connectivity index (χ1v) is 7.34. The summed E-state index contributed by atoms with van der Waals surface area (Å²) in [6.45, 7) is 2.83. The van der Waals surface area contributed by atoms with Gasteiger partial charge in [-0.05, 0) is 31.7 Å². The standard InChI is InChI=1S/C14H26N2O/c17-14(13-7-4-9-15-11-13)16-10-8-12-5-2-1-3-6-12/h12-13,15H,1-11H2,(H,16,17)/t13-/m0/s1. The van der Waals surface area contributed by atoms with E-state index in [1.165, 1.54) is 38.5 Å². The van der Waals surface area contributed by atoms with Gasteiger partial charge in [0.15, 0.2) is 0 Å². The molecule has 17 heavy (non-hydrogen) atoms. The fraction of sp³-hybridized carbons (Fsp3) is 0.929. The number of nitrogens with one attached hydrogen (secondary N) is 2. The Kier molecular flexibility index (Phi) is 5.30. The molecule has 1 saturated carbocycles. The third-order valence-corrected chi connectivity index (χ3v) is 4.24. The molecule has 0 aromatic heterocycles. The largest absolute Gasteiger partial charge is 0.356 e. The maximum atomic E-state index is 11.9. The van der Waals surface area contributed by atoms with Crippen molar-refractivity contribution < 1.29 is 4.79 Å². The van der Waals surface area contributed by atoms with Gasteiger partial charge in [-0.2, -0.15) is 0 Å². The summed E-state index contributed by atoms with van der Waals surface area (Å²) in [7, 11) is 0. The van der Waals surface area contributed by atoms with Gasteiger partial charge in [0.05, 0.1) is 5.92 Å². The Morgan fingerprint density at radius 2 is 1.94 bits per heavy atom. The van der Waals surface area contributed by atoms with Crippen molar-refractivity contribution in [1.82, 2.24) is 10.6 Å². The zero-order valence-electron chi connectivity index (χ0n) is 10.8. The molecule has 98 valence electrons. The summed E-state index contributed by atoms with van der Waals surface area (Å²) < 4.78 is 0. The van der Waals surface area contributed by atoms with Gasteiger partial charge in [0.25, 0.3) is 0 Å². The zero-order valence-corrected chi connectivity index (χ0v) is 10.8. The van der Waals surface area contributed by atoms with Crippen LogP contribution >= 0.6 is 0 Å². The highest BCUT2D eigenvalue weighted by atomic mass is 16.1. The Hall–Kier alpha value is -0.570. The molecule has 0 bridgehead atoms. The van der Waals surface area contributed by atoms with Crippen LogP contribution in [0.5, 0.6) is 0 Å². The van der Waals surface area contributed by atoms with E-state index in [9.17, 15) is 4.79 Å². The second-order valence-electron chi connectivity index (χ2n) is 5.63. The molecule has 0 aromatic rings. The molecule has 0 spiro atoms. The molecule has 0 aromatic carbocycles. The Labute approximate surface area is 105 Å². The van der Waals surface area contributed by atoms with Gasteiger partial charge in [-0.3, -0.25) is 4.79 Å². The summed E-state index contributed by atoms with van der Waals surface area (Å²) in [4.78, 5) is 11.9. The van der Waals surface area contributed by atoms with Gasteiger partial charge in [0, 0.05) is 13.1 Å². The number of carbonyl (C=O) groups is 1. The molecule has 1 saturated heterocycles. The summed E-state index contributed by atoms with van der Waals surface area (Å²) in [5.41, 5.74) is 0. The zero-order chi connectivity index (χ0) is 11.9. The van der Waals surface area contributed by atoms with Crippen molar-refractivity contribution in [3.8, 4) is 0 Å². The van der Waals surface area contributed by atoms with E-state index in [1.807, 2.05) is 0 Å². The average Bonchev–Trinajstić information content (AvgIpc) is 2.41. The smallest absolute Gasteiger partial charge is 0.224 e. The van der Waals surface area contributed by atoms with Crippen molar-refractivity contribution in [3.05, 3.63) is 0 Å². The van der Waals surface area contributed by atoms with E-state index in [2.05, 4.69) is 10.6 Å². The summed E-state index contributed by atoms with van der Waals surface area (Å²) in [6, 6.07) is 0. The number of amides is 1. The van der Waals surface area contributed by atoms with Gasteiger partial charge in [-0.15, -0.1) is 0 Å². The first-order valence-electron chi connectivity index (χ1n) is 7.34. The van der Waals surface area contributed by atoms with Crippen LogP contribution < -0.4 is 10.6 Å². The lowest BCUT2D eigenvalue weighted by atomic mass is 9.87. The molecule has 1 aliphatic carbocycles.